The maximum Gasteiger partial charge on any atom is 0.306 e. The van der Waals surface area contributed by atoms with Gasteiger partial charge in [0.1, 0.15) is 0 Å². The van der Waals surface area contributed by atoms with Gasteiger partial charge in [0.05, 0.1) is 0 Å². The molecule has 0 fully saturated rings. The van der Waals surface area contributed by atoms with Crippen molar-refractivity contribution in [2.75, 3.05) is 0 Å². The third-order valence-corrected chi connectivity index (χ3v) is 2.56. The summed E-state index contributed by atoms with van der Waals surface area (Å²) in [5, 5.41) is 0. The molecule has 0 aromatic heterocycles. The lowest BCUT2D eigenvalue weighted by atomic mass is 10.0. The largest absolute Gasteiger partial charge is 0.449 e. The van der Waals surface area contributed by atoms with Crippen LogP contribution in [0.2, 0.25) is 0 Å². The van der Waals surface area contributed by atoms with Gasteiger partial charge < -0.3 is 4.74 Å². The first-order valence-electron chi connectivity index (χ1n) is 5.87. The summed E-state index contributed by atoms with van der Waals surface area (Å²) < 4.78 is 5.19. The minimum atomic E-state index is -0.756. The Morgan fingerprint density at radius 2 is 1.71 bits per heavy atom. The van der Waals surface area contributed by atoms with Gasteiger partial charge in [-0.3, -0.25) is 9.59 Å². The lowest BCUT2D eigenvalue weighted by Gasteiger charge is -2.16. The second-order valence-electron chi connectivity index (χ2n) is 3.95. The smallest absolute Gasteiger partial charge is 0.306 e. The van der Waals surface area contributed by atoms with E-state index >= 15 is 0 Å². The van der Waals surface area contributed by atoms with E-state index in [1.165, 1.54) is 0 Å². The first-order valence-corrected chi connectivity index (χ1v) is 5.87. The molecule has 0 aliphatic heterocycles. The van der Waals surface area contributed by atoms with Crippen LogP contribution in [0.15, 0.2) is 24.3 Å². The van der Waals surface area contributed by atoms with Crippen molar-refractivity contribution in [1.82, 2.24) is 0 Å². The summed E-state index contributed by atoms with van der Waals surface area (Å²) in [4.78, 5) is 23.1. The van der Waals surface area contributed by atoms with E-state index in [0.717, 1.165) is 11.1 Å². The van der Waals surface area contributed by atoms with Gasteiger partial charge in [-0.2, -0.15) is 0 Å². The summed E-state index contributed by atoms with van der Waals surface area (Å²) in [6, 6.07) is 7.48. The number of carbonyl (C=O) groups is 2. The number of Topliss-reactive ketones (excluding diaryl/α,β-unsaturated/α-hetero) is 1. The minimum absolute atomic E-state index is 0.0735. The summed E-state index contributed by atoms with van der Waals surface area (Å²) in [5.74, 6) is -0.423. The number of hydrogen-bond donors (Lipinski definition) is 0. The van der Waals surface area contributed by atoms with Gasteiger partial charge in [-0.1, -0.05) is 43.7 Å². The Hall–Kier alpha value is -1.64. The third kappa shape index (κ3) is 3.70. The van der Waals surface area contributed by atoms with Gasteiger partial charge >= 0.3 is 5.97 Å². The Labute approximate surface area is 102 Å². The van der Waals surface area contributed by atoms with Crippen LogP contribution in [-0.4, -0.2) is 11.8 Å². The molecule has 1 rings (SSSR count). The number of rotatable bonds is 5. The fourth-order valence-electron chi connectivity index (χ4n) is 1.46. The number of esters is 1. The quantitative estimate of drug-likeness (QED) is 0.736. The Morgan fingerprint density at radius 1 is 1.12 bits per heavy atom. The molecule has 0 amide bonds. The van der Waals surface area contributed by atoms with E-state index in [0.29, 0.717) is 6.42 Å². The highest BCUT2D eigenvalue weighted by Gasteiger charge is 2.22. The summed E-state index contributed by atoms with van der Waals surface area (Å²) in [5.41, 5.74) is 1.85. The predicted molar refractivity (Wildman–Crippen MR) is 65.6 cm³/mol. The van der Waals surface area contributed by atoms with Crippen molar-refractivity contribution >= 4 is 11.8 Å². The molecule has 17 heavy (non-hydrogen) atoms. The van der Waals surface area contributed by atoms with E-state index in [4.69, 9.17) is 4.74 Å². The zero-order chi connectivity index (χ0) is 12.8. The van der Waals surface area contributed by atoms with E-state index in [-0.39, 0.29) is 18.2 Å². The number of ether oxygens (including phenoxy) is 1. The van der Waals surface area contributed by atoms with Gasteiger partial charge in [-0.25, -0.2) is 0 Å². The molecule has 0 aliphatic rings. The first kappa shape index (κ1) is 13.4. The van der Waals surface area contributed by atoms with E-state index in [9.17, 15) is 9.59 Å². The fraction of sp³-hybridized carbons (Fsp3) is 0.429. The third-order valence-electron chi connectivity index (χ3n) is 2.56. The van der Waals surface area contributed by atoms with Crippen molar-refractivity contribution in [2.45, 2.75) is 39.7 Å². The Kier molecular flexibility index (Phi) is 4.88. The zero-order valence-electron chi connectivity index (χ0n) is 10.5. The summed E-state index contributed by atoms with van der Waals surface area (Å²) >= 11 is 0. The lowest BCUT2D eigenvalue weighted by Crippen LogP contribution is -2.18. The normalized spacial score (nSPS) is 11.9. The van der Waals surface area contributed by atoms with Gasteiger partial charge in [-0.05, 0) is 12.5 Å². The Bertz CT molecular complexity index is 392. The van der Waals surface area contributed by atoms with Crippen LogP contribution >= 0.6 is 0 Å². The molecule has 0 saturated heterocycles. The molecule has 0 bridgehead atoms. The highest BCUT2D eigenvalue weighted by molar-refractivity contribution is 5.86. The number of aryl methyl sites for hydroxylation is 1. The summed E-state index contributed by atoms with van der Waals surface area (Å²) in [6.07, 6.45) is -0.123. The molecule has 3 heteroatoms. The number of ketones is 1. The molecular formula is C14H18O3. The molecule has 0 radical (unpaired) electrons. The average Bonchev–Trinajstić information content (AvgIpc) is 2.36. The maximum atomic E-state index is 11.8. The molecular weight excluding hydrogens is 216 g/mol. The molecule has 1 aromatic rings. The van der Waals surface area contributed by atoms with Crippen LogP contribution in [0.1, 0.15) is 43.9 Å². The molecule has 1 atom stereocenters. The van der Waals surface area contributed by atoms with Crippen molar-refractivity contribution in [3.63, 3.8) is 0 Å². The molecule has 0 spiro atoms. The van der Waals surface area contributed by atoms with Crippen LogP contribution in [0.4, 0.5) is 0 Å². The Balaban J connectivity index is 2.93. The van der Waals surface area contributed by atoms with E-state index in [2.05, 4.69) is 0 Å². The second kappa shape index (κ2) is 6.18. The molecule has 1 aromatic carbocycles. The number of carbonyl (C=O) groups excluding carboxylic acids is 2. The number of hydrogen-bond acceptors (Lipinski definition) is 3. The monoisotopic (exact) mass is 234 g/mol. The van der Waals surface area contributed by atoms with Crippen LogP contribution in [0, 0.1) is 6.92 Å². The summed E-state index contributed by atoms with van der Waals surface area (Å²) in [7, 11) is 0. The van der Waals surface area contributed by atoms with Crippen molar-refractivity contribution in [2.24, 2.45) is 0 Å². The lowest BCUT2D eigenvalue weighted by molar-refractivity contribution is -0.155. The van der Waals surface area contributed by atoms with E-state index in [1.54, 1.807) is 13.8 Å². The van der Waals surface area contributed by atoms with E-state index in [1.807, 2.05) is 31.2 Å². The van der Waals surface area contributed by atoms with Crippen LogP contribution < -0.4 is 0 Å². The molecule has 0 aliphatic carbocycles. The maximum absolute atomic E-state index is 11.8. The fourth-order valence-corrected chi connectivity index (χ4v) is 1.46. The molecule has 92 valence electrons. The van der Waals surface area contributed by atoms with Gasteiger partial charge in [0.2, 0.25) is 0 Å². The van der Waals surface area contributed by atoms with E-state index < -0.39 is 6.10 Å². The molecule has 0 heterocycles. The van der Waals surface area contributed by atoms with Crippen molar-refractivity contribution < 1.29 is 14.3 Å². The first-order chi connectivity index (χ1) is 8.08. The standard InChI is InChI=1S/C14H18O3/c1-4-12(15)14(17-13(16)5-2)11-8-6-10(3)7-9-11/h6-9,14H,4-5H2,1-3H3. The van der Waals surface area contributed by atoms with Gasteiger partial charge in [0, 0.05) is 12.8 Å². The zero-order valence-corrected chi connectivity index (χ0v) is 10.5. The highest BCUT2D eigenvalue weighted by Crippen LogP contribution is 2.21. The topological polar surface area (TPSA) is 43.4 Å². The van der Waals surface area contributed by atoms with Crippen LogP contribution in [-0.2, 0) is 14.3 Å². The van der Waals surface area contributed by atoms with Crippen molar-refractivity contribution in [3.05, 3.63) is 35.4 Å². The highest BCUT2D eigenvalue weighted by atomic mass is 16.5. The SMILES string of the molecule is CCC(=O)OC(C(=O)CC)c1ccc(C)cc1. The van der Waals surface area contributed by atoms with Crippen molar-refractivity contribution in [3.8, 4) is 0 Å². The number of benzene rings is 1. The summed E-state index contributed by atoms with van der Waals surface area (Å²) in [6.45, 7) is 5.45. The van der Waals surface area contributed by atoms with Crippen LogP contribution in [0.25, 0.3) is 0 Å². The molecule has 3 nitrogen and oxygen atoms in total. The second-order valence-corrected chi connectivity index (χ2v) is 3.95. The van der Waals surface area contributed by atoms with Gasteiger partial charge in [0.15, 0.2) is 11.9 Å². The average molecular weight is 234 g/mol. The van der Waals surface area contributed by atoms with Gasteiger partial charge in [-0.15, -0.1) is 0 Å². The minimum Gasteiger partial charge on any atom is -0.449 e. The van der Waals surface area contributed by atoms with Crippen LogP contribution in [0.5, 0.6) is 0 Å². The van der Waals surface area contributed by atoms with Crippen LogP contribution in [0.3, 0.4) is 0 Å². The molecule has 0 N–H and O–H groups in total. The Morgan fingerprint density at radius 3 is 2.18 bits per heavy atom. The molecule has 0 saturated carbocycles. The van der Waals surface area contributed by atoms with Gasteiger partial charge in [0.25, 0.3) is 0 Å². The molecule has 1 unspecified atom stereocenters. The predicted octanol–water partition coefficient (Wildman–Crippen LogP) is 2.97. The van der Waals surface area contributed by atoms with Crippen molar-refractivity contribution in [1.29, 1.82) is 0 Å².